The highest BCUT2D eigenvalue weighted by Crippen LogP contribution is 2.44. The number of hydrogen-bond donors (Lipinski definition) is 2. The Morgan fingerprint density at radius 2 is 1.96 bits per heavy atom. The number of fused-ring (bicyclic) bond motifs is 1. The van der Waals surface area contributed by atoms with E-state index in [4.69, 9.17) is 0 Å². The molecular weight excluding hydrogens is 350 g/mol. The molecule has 1 aromatic rings. The Hall–Kier alpha value is -1.59. The fourth-order valence-corrected chi connectivity index (χ4v) is 4.87. The summed E-state index contributed by atoms with van der Waals surface area (Å²) >= 11 is 0. The molecule has 2 heterocycles. The van der Waals surface area contributed by atoms with Crippen molar-refractivity contribution in [2.75, 3.05) is 24.5 Å². The van der Waals surface area contributed by atoms with E-state index in [-0.39, 0.29) is 35.7 Å². The predicted molar refractivity (Wildman–Crippen MR) is 104 cm³/mol. The molecule has 5 nitrogen and oxygen atoms in total. The van der Waals surface area contributed by atoms with Crippen LogP contribution in [-0.4, -0.2) is 37.5 Å². The van der Waals surface area contributed by atoms with Crippen LogP contribution in [0.4, 0.5) is 5.69 Å². The van der Waals surface area contributed by atoms with Crippen LogP contribution in [0.1, 0.15) is 38.5 Å². The van der Waals surface area contributed by atoms with Gasteiger partial charge >= 0.3 is 0 Å². The van der Waals surface area contributed by atoms with Gasteiger partial charge in [0, 0.05) is 18.8 Å². The lowest BCUT2D eigenvalue weighted by Crippen LogP contribution is -2.57. The Bertz CT molecular complexity index is 654. The molecular formula is C20H28ClN3O2. The van der Waals surface area contributed by atoms with E-state index in [2.05, 4.69) is 10.6 Å². The van der Waals surface area contributed by atoms with Crippen molar-refractivity contribution >= 4 is 29.9 Å². The van der Waals surface area contributed by atoms with Gasteiger partial charge in [0.25, 0.3) is 0 Å². The van der Waals surface area contributed by atoms with E-state index in [0.717, 1.165) is 57.4 Å². The second-order valence-electron chi connectivity index (χ2n) is 7.72. The maximum atomic E-state index is 13.1. The fraction of sp³-hybridized carbons (Fsp3) is 0.600. The molecule has 6 heteroatoms. The summed E-state index contributed by atoms with van der Waals surface area (Å²) in [7, 11) is 0. The van der Waals surface area contributed by atoms with Crippen LogP contribution < -0.4 is 15.5 Å². The number of anilines is 1. The SMILES string of the molecule is Cl.O=C1C(NC(=O)[C@@]23CCCC[C@H]2CNC3)CCCN1c1ccccc1. The lowest BCUT2D eigenvalue weighted by Gasteiger charge is -2.39. The van der Waals surface area contributed by atoms with E-state index in [1.807, 2.05) is 35.2 Å². The molecule has 1 aliphatic carbocycles. The van der Waals surface area contributed by atoms with Gasteiger partial charge in [-0.2, -0.15) is 0 Å². The first-order valence-electron chi connectivity index (χ1n) is 9.59. The molecule has 2 amide bonds. The first-order chi connectivity index (χ1) is 12.2. The summed E-state index contributed by atoms with van der Waals surface area (Å²) < 4.78 is 0. The molecule has 2 aliphatic heterocycles. The third-order valence-electron chi connectivity index (χ3n) is 6.30. The van der Waals surface area contributed by atoms with Gasteiger partial charge in [-0.3, -0.25) is 9.59 Å². The van der Waals surface area contributed by atoms with Gasteiger partial charge in [-0.25, -0.2) is 0 Å². The molecule has 0 radical (unpaired) electrons. The molecule has 26 heavy (non-hydrogen) atoms. The Morgan fingerprint density at radius 3 is 2.77 bits per heavy atom. The van der Waals surface area contributed by atoms with Gasteiger partial charge in [0.1, 0.15) is 6.04 Å². The quantitative estimate of drug-likeness (QED) is 0.850. The van der Waals surface area contributed by atoms with Gasteiger partial charge in [0.2, 0.25) is 11.8 Å². The standard InChI is InChI=1S/C20H27N3O2.ClH/c24-18-17(10-6-12-23(18)16-8-2-1-3-9-16)22-19(25)20-11-5-4-7-15(20)13-21-14-20;/h1-3,8-9,15,17,21H,4-7,10-14H2,(H,22,25);1H/t15-,17?,20+;/m0./s1. The number of carbonyl (C=O) groups excluding carboxylic acids is 2. The van der Waals surface area contributed by atoms with Crippen LogP contribution in [0.5, 0.6) is 0 Å². The molecule has 3 fully saturated rings. The number of carbonyl (C=O) groups is 2. The number of hydrogen-bond acceptors (Lipinski definition) is 3. The van der Waals surface area contributed by atoms with Crippen LogP contribution in [0, 0.1) is 11.3 Å². The van der Waals surface area contributed by atoms with Crippen LogP contribution in [0.25, 0.3) is 0 Å². The van der Waals surface area contributed by atoms with E-state index in [9.17, 15) is 9.59 Å². The minimum Gasteiger partial charge on any atom is -0.344 e. The van der Waals surface area contributed by atoms with Crippen molar-refractivity contribution in [2.24, 2.45) is 11.3 Å². The lowest BCUT2D eigenvalue weighted by atomic mass is 9.67. The highest BCUT2D eigenvalue weighted by Gasteiger charge is 2.50. The van der Waals surface area contributed by atoms with E-state index < -0.39 is 0 Å². The zero-order valence-corrected chi connectivity index (χ0v) is 15.9. The third kappa shape index (κ3) is 3.35. The first-order valence-corrected chi connectivity index (χ1v) is 9.59. The van der Waals surface area contributed by atoms with Crippen LogP contribution in [0.2, 0.25) is 0 Å². The minimum atomic E-state index is -0.390. The van der Waals surface area contributed by atoms with Gasteiger partial charge in [-0.05, 0) is 50.3 Å². The van der Waals surface area contributed by atoms with Crippen molar-refractivity contribution in [1.82, 2.24) is 10.6 Å². The molecule has 4 rings (SSSR count). The molecule has 3 atom stereocenters. The van der Waals surface area contributed by atoms with Gasteiger partial charge < -0.3 is 15.5 Å². The Balaban J connectivity index is 0.00000196. The summed E-state index contributed by atoms with van der Waals surface area (Å²) in [5.41, 5.74) is 0.621. The molecule has 3 aliphatic rings. The highest BCUT2D eigenvalue weighted by molar-refractivity contribution is 6.00. The summed E-state index contributed by atoms with van der Waals surface area (Å²) in [6.45, 7) is 2.42. The second-order valence-corrected chi connectivity index (χ2v) is 7.72. The summed E-state index contributed by atoms with van der Waals surface area (Å²) in [5, 5.41) is 6.54. The van der Waals surface area contributed by atoms with Crippen LogP contribution in [-0.2, 0) is 9.59 Å². The van der Waals surface area contributed by atoms with Gasteiger partial charge in [0.15, 0.2) is 0 Å². The molecule has 0 aromatic heterocycles. The van der Waals surface area contributed by atoms with E-state index in [0.29, 0.717) is 5.92 Å². The maximum Gasteiger partial charge on any atom is 0.249 e. The summed E-state index contributed by atoms with van der Waals surface area (Å²) in [6.07, 6.45) is 6.04. The number of benzene rings is 1. The summed E-state index contributed by atoms with van der Waals surface area (Å²) in [5.74, 6) is 0.543. The van der Waals surface area contributed by atoms with E-state index in [1.54, 1.807) is 0 Å². The van der Waals surface area contributed by atoms with Crippen molar-refractivity contribution in [1.29, 1.82) is 0 Å². The van der Waals surface area contributed by atoms with Crippen molar-refractivity contribution in [3.05, 3.63) is 30.3 Å². The number of piperidine rings is 1. The van der Waals surface area contributed by atoms with Crippen molar-refractivity contribution < 1.29 is 9.59 Å². The number of nitrogens with zero attached hydrogens (tertiary/aromatic N) is 1. The lowest BCUT2D eigenvalue weighted by molar-refractivity contribution is -0.137. The molecule has 1 aromatic carbocycles. The summed E-state index contributed by atoms with van der Waals surface area (Å²) in [4.78, 5) is 27.9. The van der Waals surface area contributed by atoms with Crippen LogP contribution >= 0.6 is 12.4 Å². The Kier molecular flexibility index (Phi) is 5.88. The average Bonchev–Trinajstić information content (AvgIpc) is 3.09. The number of nitrogens with one attached hydrogen (secondary N) is 2. The van der Waals surface area contributed by atoms with Gasteiger partial charge in [0.05, 0.1) is 5.41 Å². The molecule has 0 bridgehead atoms. The Labute approximate surface area is 161 Å². The molecule has 2 saturated heterocycles. The average molecular weight is 378 g/mol. The number of para-hydroxylation sites is 1. The van der Waals surface area contributed by atoms with Crippen molar-refractivity contribution in [2.45, 2.75) is 44.6 Å². The van der Waals surface area contributed by atoms with Crippen molar-refractivity contribution in [3.8, 4) is 0 Å². The predicted octanol–water partition coefficient (Wildman–Crippen LogP) is 2.50. The molecule has 1 unspecified atom stereocenters. The van der Waals surface area contributed by atoms with Crippen LogP contribution in [0.15, 0.2) is 30.3 Å². The normalized spacial score (nSPS) is 31.1. The number of amides is 2. The second kappa shape index (κ2) is 7.97. The van der Waals surface area contributed by atoms with Gasteiger partial charge in [-0.1, -0.05) is 31.0 Å². The molecule has 2 N–H and O–H groups in total. The highest BCUT2D eigenvalue weighted by atomic mass is 35.5. The van der Waals surface area contributed by atoms with E-state index >= 15 is 0 Å². The molecule has 0 spiro atoms. The first kappa shape index (κ1) is 19.2. The maximum absolute atomic E-state index is 13.1. The topological polar surface area (TPSA) is 61.4 Å². The molecule has 142 valence electrons. The van der Waals surface area contributed by atoms with Crippen molar-refractivity contribution in [3.63, 3.8) is 0 Å². The zero-order valence-electron chi connectivity index (χ0n) is 15.1. The Morgan fingerprint density at radius 1 is 1.15 bits per heavy atom. The summed E-state index contributed by atoms with van der Waals surface area (Å²) in [6, 6.07) is 9.37. The minimum absolute atomic E-state index is 0. The number of halogens is 1. The number of rotatable bonds is 3. The fourth-order valence-electron chi connectivity index (χ4n) is 4.87. The largest absolute Gasteiger partial charge is 0.344 e. The van der Waals surface area contributed by atoms with Gasteiger partial charge in [-0.15, -0.1) is 12.4 Å². The monoisotopic (exact) mass is 377 g/mol. The molecule has 1 saturated carbocycles. The zero-order chi connectivity index (χ0) is 17.3. The third-order valence-corrected chi connectivity index (χ3v) is 6.30. The smallest absolute Gasteiger partial charge is 0.249 e. The van der Waals surface area contributed by atoms with E-state index in [1.165, 1.54) is 6.42 Å². The van der Waals surface area contributed by atoms with Crippen LogP contribution in [0.3, 0.4) is 0 Å².